The molecule has 0 aromatic carbocycles. The second kappa shape index (κ2) is 5.64. The summed E-state index contributed by atoms with van der Waals surface area (Å²) in [5, 5.41) is 2.61. The Morgan fingerprint density at radius 3 is 2.80 bits per heavy atom. The minimum Gasteiger partial charge on any atom is -0.355 e. The fourth-order valence-corrected chi connectivity index (χ4v) is 0.605. The van der Waals surface area contributed by atoms with Gasteiger partial charge in [-0.25, -0.2) is 0 Å². The Labute approximate surface area is 73.7 Å². The maximum absolute atomic E-state index is 10.6. The summed E-state index contributed by atoms with van der Waals surface area (Å²) < 4.78 is -0.104. The second-order valence-corrected chi connectivity index (χ2v) is 3.41. The molecule has 0 heterocycles. The number of nitrogens with one attached hydrogen (secondary N) is 1. The smallest absolute Gasteiger partial charge is 0.219 e. The lowest BCUT2D eigenvalue weighted by Gasteiger charge is -2.02. The molecule has 0 rings (SSSR count). The van der Waals surface area contributed by atoms with Crippen LogP contribution in [0, 0.1) is 0 Å². The quantitative estimate of drug-likeness (QED) is 0.452. The number of hydrogen-bond donors (Lipinski definition) is 1. The van der Waals surface area contributed by atoms with Gasteiger partial charge >= 0.3 is 0 Å². The zero-order valence-electron chi connectivity index (χ0n) is 5.76. The first kappa shape index (κ1) is 9.87. The highest BCUT2D eigenvalue weighted by molar-refractivity contribution is 14.1. The Kier molecular flexibility index (Phi) is 5.57. The van der Waals surface area contributed by atoms with Gasteiger partial charge in [-0.15, -0.1) is 0 Å². The van der Waals surface area contributed by atoms with E-state index in [-0.39, 0.29) is 9.83 Å². The van der Waals surface area contributed by atoms with Crippen molar-refractivity contribution in [3.05, 3.63) is 0 Å². The number of hydrogen-bond acceptors (Lipinski definition) is 2. The van der Waals surface area contributed by atoms with E-state index in [2.05, 4.69) is 5.32 Å². The van der Waals surface area contributed by atoms with Crippen LogP contribution in [0.1, 0.15) is 13.3 Å². The van der Waals surface area contributed by atoms with E-state index in [0.29, 0.717) is 13.0 Å². The maximum Gasteiger partial charge on any atom is 0.219 e. The molecule has 0 spiro atoms. The molecule has 0 aliphatic carbocycles. The number of alkyl halides is 1. The van der Waals surface area contributed by atoms with Gasteiger partial charge in [-0.3, -0.25) is 4.79 Å². The van der Waals surface area contributed by atoms with Crippen molar-refractivity contribution in [1.29, 1.82) is 0 Å². The molecule has 1 unspecified atom stereocenters. The molecule has 1 atom stereocenters. The van der Waals surface area contributed by atoms with Crippen molar-refractivity contribution in [2.24, 2.45) is 0 Å². The lowest BCUT2D eigenvalue weighted by molar-refractivity contribution is -0.120. The average molecular weight is 255 g/mol. The van der Waals surface area contributed by atoms with Gasteiger partial charge in [0.05, 0.1) is 3.92 Å². The Morgan fingerprint density at radius 2 is 2.40 bits per heavy atom. The van der Waals surface area contributed by atoms with Crippen molar-refractivity contribution in [3.8, 4) is 0 Å². The van der Waals surface area contributed by atoms with Crippen molar-refractivity contribution in [2.45, 2.75) is 17.3 Å². The summed E-state index contributed by atoms with van der Waals surface area (Å²) in [5.74, 6) is -0.0106. The van der Waals surface area contributed by atoms with Gasteiger partial charge in [0, 0.05) is 13.0 Å². The predicted molar refractivity (Wildman–Crippen MR) is 47.2 cm³/mol. The first-order valence-corrected chi connectivity index (χ1v) is 4.31. The van der Waals surface area contributed by atoms with E-state index in [4.69, 9.17) is 0 Å². The van der Waals surface area contributed by atoms with Crippen LogP contribution in [0.2, 0.25) is 0 Å². The van der Waals surface area contributed by atoms with Gasteiger partial charge in [-0.2, -0.15) is 0 Å². The number of rotatable bonds is 4. The molecule has 0 radical (unpaired) electrons. The summed E-state index contributed by atoms with van der Waals surface area (Å²) in [6.07, 6.45) is 1.29. The summed E-state index contributed by atoms with van der Waals surface area (Å²) in [5.41, 5.74) is 0. The molecular formula is C6H10INO2. The number of carbonyl (C=O) groups excluding carboxylic acids is 2. The molecule has 0 aliphatic rings. The van der Waals surface area contributed by atoms with Crippen molar-refractivity contribution < 1.29 is 9.59 Å². The van der Waals surface area contributed by atoms with Gasteiger partial charge in [0.25, 0.3) is 0 Å². The largest absolute Gasteiger partial charge is 0.355 e. The molecule has 58 valence electrons. The van der Waals surface area contributed by atoms with Crippen LogP contribution < -0.4 is 5.32 Å². The number of aldehydes is 1. The molecule has 0 aromatic rings. The topological polar surface area (TPSA) is 46.2 Å². The highest BCUT2D eigenvalue weighted by atomic mass is 127. The molecule has 0 aliphatic heterocycles. The summed E-state index contributed by atoms with van der Waals surface area (Å²) in [7, 11) is 0. The lowest BCUT2D eigenvalue weighted by Crippen LogP contribution is -2.29. The Hall–Kier alpha value is -0.130. The van der Waals surface area contributed by atoms with Crippen LogP contribution in [0.4, 0.5) is 0 Å². The average Bonchev–Trinajstić information content (AvgIpc) is 1.99. The third-order valence-corrected chi connectivity index (χ3v) is 1.70. The van der Waals surface area contributed by atoms with Crippen LogP contribution in [0.15, 0.2) is 0 Å². The van der Waals surface area contributed by atoms with E-state index in [1.165, 1.54) is 0 Å². The molecule has 1 amide bonds. The van der Waals surface area contributed by atoms with Crippen molar-refractivity contribution in [1.82, 2.24) is 5.32 Å². The van der Waals surface area contributed by atoms with Crippen LogP contribution in [-0.4, -0.2) is 22.7 Å². The van der Waals surface area contributed by atoms with E-state index in [1.807, 2.05) is 22.6 Å². The van der Waals surface area contributed by atoms with E-state index in [1.54, 1.807) is 6.92 Å². The van der Waals surface area contributed by atoms with Crippen molar-refractivity contribution in [3.63, 3.8) is 0 Å². The highest BCUT2D eigenvalue weighted by Crippen LogP contribution is 1.92. The zero-order chi connectivity index (χ0) is 7.98. The van der Waals surface area contributed by atoms with Crippen LogP contribution in [0.25, 0.3) is 0 Å². The summed E-state index contributed by atoms with van der Waals surface area (Å²) >= 11 is 1.97. The molecule has 1 N–H and O–H groups in total. The zero-order valence-corrected chi connectivity index (χ0v) is 7.92. The molecular weight excluding hydrogens is 245 g/mol. The Bertz CT molecular complexity index is 127. The molecule has 0 bridgehead atoms. The van der Waals surface area contributed by atoms with Gasteiger partial charge in [0.15, 0.2) is 0 Å². The van der Waals surface area contributed by atoms with E-state index >= 15 is 0 Å². The Morgan fingerprint density at radius 1 is 1.80 bits per heavy atom. The Balaban J connectivity index is 3.34. The van der Waals surface area contributed by atoms with E-state index in [0.717, 1.165) is 6.29 Å². The molecule has 4 heteroatoms. The number of amides is 1. The van der Waals surface area contributed by atoms with Crippen molar-refractivity contribution >= 4 is 34.8 Å². The van der Waals surface area contributed by atoms with Gasteiger partial charge < -0.3 is 10.1 Å². The molecule has 0 fully saturated rings. The third kappa shape index (κ3) is 4.72. The maximum atomic E-state index is 10.6. The monoisotopic (exact) mass is 255 g/mol. The van der Waals surface area contributed by atoms with Crippen molar-refractivity contribution in [2.75, 3.05) is 6.54 Å². The molecule has 0 saturated carbocycles. The highest BCUT2D eigenvalue weighted by Gasteiger charge is 2.02. The normalized spacial score (nSPS) is 12.2. The van der Waals surface area contributed by atoms with Crippen LogP contribution in [0.5, 0.6) is 0 Å². The molecule has 0 aromatic heterocycles. The first-order chi connectivity index (χ1) is 4.70. The summed E-state index contributed by atoms with van der Waals surface area (Å²) in [4.78, 5) is 20.6. The minimum atomic E-state index is -0.104. The molecule has 3 nitrogen and oxygen atoms in total. The summed E-state index contributed by atoms with van der Waals surface area (Å²) in [6.45, 7) is 2.22. The molecule has 0 saturated heterocycles. The van der Waals surface area contributed by atoms with Crippen LogP contribution in [-0.2, 0) is 9.59 Å². The van der Waals surface area contributed by atoms with E-state index < -0.39 is 0 Å². The van der Waals surface area contributed by atoms with Crippen LogP contribution >= 0.6 is 22.6 Å². The third-order valence-electron chi connectivity index (χ3n) is 0.963. The first-order valence-electron chi connectivity index (χ1n) is 3.06. The minimum absolute atomic E-state index is 0.0106. The van der Waals surface area contributed by atoms with Gasteiger partial charge in [0.2, 0.25) is 5.91 Å². The fourth-order valence-electron chi connectivity index (χ4n) is 0.384. The van der Waals surface area contributed by atoms with Gasteiger partial charge in [0.1, 0.15) is 6.29 Å². The second-order valence-electron chi connectivity index (χ2n) is 1.81. The van der Waals surface area contributed by atoms with Gasteiger partial charge in [-0.1, -0.05) is 29.5 Å². The van der Waals surface area contributed by atoms with Gasteiger partial charge in [-0.05, 0) is 0 Å². The van der Waals surface area contributed by atoms with Crippen LogP contribution in [0.3, 0.4) is 0 Å². The standard InChI is InChI=1S/C6H10INO2/c1-2-6(10)8-3-5(7)4-9/h4-5H,2-3H2,1H3,(H,8,10). The summed E-state index contributed by atoms with van der Waals surface area (Å²) in [6, 6.07) is 0. The SMILES string of the molecule is CCC(=O)NCC(I)C=O. The van der Waals surface area contributed by atoms with E-state index in [9.17, 15) is 9.59 Å². The number of carbonyl (C=O) groups is 2. The fraction of sp³-hybridized carbons (Fsp3) is 0.667. The lowest BCUT2D eigenvalue weighted by atomic mass is 10.4. The number of halogens is 1. The predicted octanol–water partition coefficient (Wildman–Crippen LogP) is 0.515. The molecule has 10 heavy (non-hydrogen) atoms.